The Morgan fingerprint density at radius 3 is 2.69 bits per heavy atom. The highest BCUT2D eigenvalue weighted by molar-refractivity contribution is 6.36. The quantitative estimate of drug-likeness (QED) is 0.618. The molecule has 136 valence electrons. The van der Waals surface area contributed by atoms with Crippen LogP contribution < -0.4 is 15.8 Å². The normalized spacial score (nSPS) is 13.1. The third kappa shape index (κ3) is 4.08. The number of amides is 2. The molecule has 0 radical (unpaired) electrons. The zero-order valence-corrected chi connectivity index (χ0v) is 15.2. The van der Waals surface area contributed by atoms with Gasteiger partial charge in [-0.1, -0.05) is 41.4 Å². The molecule has 26 heavy (non-hydrogen) atoms. The summed E-state index contributed by atoms with van der Waals surface area (Å²) in [7, 11) is 0. The summed E-state index contributed by atoms with van der Waals surface area (Å²) in [4.78, 5) is 26.2. The number of benzene rings is 2. The van der Waals surface area contributed by atoms with E-state index >= 15 is 0 Å². The zero-order valence-electron chi connectivity index (χ0n) is 13.7. The molecule has 0 fully saturated rings. The second-order valence-electron chi connectivity index (χ2n) is 5.90. The molecule has 0 bridgehead atoms. The Morgan fingerprint density at radius 2 is 1.88 bits per heavy atom. The molecule has 5 nitrogen and oxygen atoms in total. The fourth-order valence-electron chi connectivity index (χ4n) is 2.88. The Hall–Kier alpha value is -2.31. The lowest BCUT2D eigenvalue weighted by Crippen LogP contribution is -2.47. The maximum Gasteiger partial charge on any atom is 0.271 e. The number of carbonyl (C=O) groups is 2. The molecule has 2 aromatic carbocycles. The van der Waals surface area contributed by atoms with E-state index in [4.69, 9.17) is 23.2 Å². The standard InChI is InChI=1S/C18H16Cl2FN3O2/c19-13-9-14(20)15(21)8-12(13)18(26)23-22-17(25)10-24-7-3-5-11-4-1-2-6-16(11)24/h1-2,4,6,8-9H,3,5,7,10H2,(H,22,25)(H,23,26). The van der Waals surface area contributed by atoms with Gasteiger partial charge in [0.2, 0.25) is 0 Å². The van der Waals surface area contributed by atoms with Crippen LogP contribution in [0.15, 0.2) is 36.4 Å². The van der Waals surface area contributed by atoms with Crippen LogP contribution in [0, 0.1) is 5.82 Å². The van der Waals surface area contributed by atoms with Gasteiger partial charge < -0.3 is 4.90 Å². The maximum absolute atomic E-state index is 13.5. The van der Waals surface area contributed by atoms with Crippen LogP contribution in [-0.4, -0.2) is 24.9 Å². The van der Waals surface area contributed by atoms with E-state index in [1.165, 1.54) is 5.56 Å². The molecule has 2 aromatic rings. The Bertz CT molecular complexity index is 860. The van der Waals surface area contributed by atoms with Crippen molar-refractivity contribution in [3.63, 3.8) is 0 Å². The van der Waals surface area contributed by atoms with E-state index < -0.39 is 11.7 Å². The Morgan fingerprint density at radius 1 is 1.12 bits per heavy atom. The van der Waals surface area contributed by atoms with Gasteiger partial charge in [-0.2, -0.15) is 0 Å². The highest BCUT2D eigenvalue weighted by atomic mass is 35.5. The number of nitrogens with zero attached hydrogens (tertiary/aromatic N) is 1. The topological polar surface area (TPSA) is 61.4 Å². The van der Waals surface area contributed by atoms with Crippen molar-refractivity contribution in [3.8, 4) is 0 Å². The number of hydrazine groups is 1. The van der Waals surface area contributed by atoms with Gasteiger partial charge in [0.25, 0.3) is 11.8 Å². The molecule has 0 spiro atoms. The molecule has 0 aliphatic carbocycles. The van der Waals surface area contributed by atoms with Crippen LogP contribution in [0.3, 0.4) is 0 Å². The van der Waals surface area contributed by atoms with E-state index in [1.54, 1.807) is 0 Å². The van der Waals surface area contributed by atoms with E-state index in [0.29, 0.717) is 0 Å². The summed E-state index contributed by atoms with van der Waals surface area (Å²) in [6, 6.07) is 9.97. The molecule has 2 amide bonds. The summed E-state index contributed by atoms with van der Waals surface area (Å²) in [5.74, 6) is -1.88. The first-order valence-corrected chi connectivity index (χ1v) is 8.78. The molecule has 1 aliphatic rings. The first-order valence-electron chi connectivity index (χ1n) is 8.02. The number of halogens is 3. The van der Waals surface area contributed by atoms with Crippen molar-refractivity contribution in [1.82, 2.24) is 10.9 Å². The molecule has 2 N–H and O–H groups in total. The van der Waals surface area contributed by atoms with Gasteiger partial charge in [-0.3, -0.25) is 20.4 Å². The fourth-order valence-corrected chi connectivity index (χ4v) is 3.35. The number of hydrogen-bond donors (Lipinski definition) is 2. The molecule has 0 atom stereocenters. The smallest absolute Gasteiger partial charge is 0.271 e. The number of fused-ring (bicyclic) bond motifs is 1. The Labute approximate surface area is 160 Å². The first-order chi connectivity index (χ1) is 12.5. The number of anilines is 1. The van der Waals surface area contributed by atoms with Crippen LogP contribution in [0.2, 0.25) is 10.0 Å². The van der Waals surface area contributed by atoms with E-state index in [2.05, 4.69) is 10.9 Å². The number of nitrogens with one attached hydrogen (secondary N) is 2. The highest BCUT2D eigenvalue weighted by Crippen LogP contribution is 2.26. The van der Waals surface area contributed by atoms with Crippen LogP contribution in [0.4, 0.5) is 10.1 Å². The third-order valence-electron chi connectivity index (χ3n) is 4.11. The van der Waals surface area contributed by atoms with Crippen molar-refractivity contribution < 1.29 is 14.0 Å². The van der Waals surface area contributed by atoms with Crippen LogP contribution in [0.25, 0.3) is 0 Å². The monoisotopic (exact) mass is 395 g/mol. The number of rotatable bonds is 3. The molecule has 0 unspecified atom stereocenters. The van der Waals surface area contributed by atoms with Crippen molar-refractivity contribution in [2.45, 2.75) is 12.8 Å². The summed E-state index contributed by atoms with van der Waals surface area (Å²) in [5, 5.41) is -0.188. The lowest BCUT2D eigenvalue weighted by Gasteiger charge is -2.30. The van der Waals surface area contributed by atoms with E-state index in [1.807, 2.05) is 29.2 Å². The summed E-state index contributed by atoms with van der Waals surface area (Å²) in [6.45, 7) is 0.854. The summed E-state index contributed by atoms with van der Waals surface area (Å²) >= 11 is 11.5. The number of hydrogen-bond acceptors (Lipinski definition) is 3. The zero-order chi connectivity index (χ0) is 18.7. The minimum Gasteiger partial charge on any atom is -0.362 e. The maximum atomic E-state index is 13.5. The highest BCUT2D eigenvalue weighted by Gasteiger charge is 2.19. The summed E-state index contributed by atoms with van der Waals surface area (Å²) < 4.78 is 13.5. The van der Waals surface area contributed by atoms with Crippen molar-refractivity contribution in [1.29, 1.82) is 0 Å². The summed E-state index contributed by atoms with van der Waals surface area (Å²) in [5.41, 5.74) is 6.66. The van der Waals surface area contributed by atoms with Gasteiger partial charge in [-0.25, -0.2) is 4.39 Å². The van der Waals surface area contributed by atoms with Crippen LogP contribution in [0.5, 0.6) is 0 Å². The average Bonchev–Trinajstić information content (AvgIpc) is 2.63. The van der Waals surface area contributed by atoms with Gasteiger partial charge in [-0.05, 0) is 36.6 Å². The SMILES string of the molecule is O=C(CN1CCCc2ccccc21)NNC(=O)c1cc(F)c(Cl)cc1Cl. The summed E-state index contributed by atoms with van der Waals surface area (Å²) in [6.07, 6.45) is 1.93. The van der Waals surface area contributed by atoms with Gasteiger partial charge in [0.05, 0.1) is 22.2 Å². The van der Waals surface area contributed by atoms with Gasteiger partial charge >= 0.3 is 0 Å². The van der Waals surface area contributed by atoms with E-state index in [0.717, 1.165) is 37.2 Å². The van der Waals surface area contributed by atoms with E-state index in [9.17, 15) is 14.0 Å². The predicted octanol–water partition coefficient (Wildman–Crippen LogP) is 3.35. The van der Waals surface area contributed by atoms with Gasteiger partial charge in [0.15, 0.2) is 0 Å². The molecule has 0 aromatic heterocycles. The number of carbonyl (C=O) groups excluding carboxylic acids is 2. The van der Waals surface area contributed by atoms with E-state index in [-0.39, 0.29) is 28.1 Å². The van der Waals surface area contributed by atoms with Gasteiger partial charge in [0, 0.05) is 12.2 Å². The van der Waals surface area contributed by atoms with Crippen LogP contribution in [-0.2, 0) is 11.2 Å². The molecule has 0 saturated heterocycles. The molecule has 8 heteroatoms. The van der Waals surface area contributed by atoms with Gasteiger partial charge in [0.1, 0.15) is 5.82 Å². The first kappa shape index (κ1) is 18.5. The van der Waals surface area contributed by atoms with Crippen molar-refractivity contribution >= 4 is 40.7 Å². The van der Waals surface area contributed by atoms with Crippen molar-refractivity contribution in [3.05, 3.63) is 63.4 Å². The number of aryl methyl sites for hydroxylation is 1. The lowest BCUT2D eigenvalue weighted by atomic mass is 10.0. The minimum absolute atomic E-state index is 0.00638. The second-order valence-corrected chi connectivity index (χ2v) is 6.72. The van der Waals surface area contributed by atoms with Crippen LogP contribution >= 0.6 is 23.2 Å². The molecule has 1 aliphatic heterocycles. The number of para-hydroxylation sites is 1. The molecule has 3 rings (SSSR count). The fraction of sp³-hybridized carbons (Fsp3) is 0.222. The van der Waals surface area contributed by atoms with Gasteiger partial charge in [-0.15, -0.1) is 0 Å². The second kappa shape index (κ2) is 7.93. The van der Waals surface area contributed by atoms with Crippen molar-refractivity contribution in [2.75, 3.05) is 18.0 Å². The lowest BCUT2D eigenvalue weighted by molar-refractivity contribution is -0.120. The molecular weight excluding hydrogens is 380 g/mol. The third-order valence-corrected chi connectivity index (χ3v) is 4.71. The predicted molar refractivity (Wildman–Crippen MR) is 99.0 cm³/mol. The molecular formula is C18H16Cl2FN3O2. The Kier molecular flexibility index (Phi) is 5.64. The molecule has 1 heterocycles. The average molecular weight is 396 g/mol. The van der Waals surface area contributed by atoms with Crippen LogP contribution in [0.1, 0.15) is 22.3 Å². The van der Waals surface area contributed by atoms with Crippen molar-refractivity contribution in [2.24, 2.45) is 0 Å². The largest absolute Gasteiger partial charge is 0.362 e. The molecule has 0 saturated carbocycles. The Balaban J connectivity index is 1.60. The minimum atomic E-state index is -0.766.